The monoisotopic (exact) mass is 328 g/mol. The lowest BCUT2D eigenvalue weighted by atomic mass is 10.1. The second kappa shape index (κ2) is 8.53. The molecule has 2 aliphatic rings. The summed E-state index contributed by atoms with van der Waals surface area (Å²) in [7, 11) is 0. The maximum Gasteiger partial charge on any atom is 0.288 e. The number of likely N-dealkylation sites (tertiary alicyclic amines) is 1. The number of hydrogen-bond donors (Lipinski definition) is 2. The van der Waals surface area contributed by atoms with E-state index in [4.69, 9.17) is 0 Å². The van der Waals surface area contributed by atoms with Crippen molar-refractivity contribution in [1.29, 1.82) is 0 Å². The minimum Gasteiger partial charge on any atom is -0.349 e. The van der Waals surface area contributed by atoms with Crippen molar-refractivity contribution in [2.45, 2.75) is 45.1 Å². The van der Waals surface area contributed by atoms with Gasteiger partial charge in [0.15, 0.2) is 6.04 Å². The number of nitrogens with zero attached hydrogens (tertiary/aromatic N) is 1. The van der Waals surface area contributed by atoms with E-state index in [0.29, 0.717) is 6.54 Å². The molecule has 22 heavy (non-hydrogen) atoms. The van der Waals surface area contributed by atoms with E-state index in [9.17, 15) is 14.4 Å². The normalized spacial score (nSPS) is 22.3. The first-order valence-corrected chi connectivity index (χ1v) is 9.17. The first-order chi connectivity index (χ1) is 10.6. The van der Waals surface area contributed by atoms with E-state index < -0.39 is 0 Å². The number of carbonyl (C=O) groups is 3. The van der Waals surface area contributed by atoms with Crippen LogP contribution in [0, 0.1) is 0 Å². The fraction of sp³-hybridized carbons (Fsp3) is 0.800. The van der Waals surface area contributed by atoms with E-state index in [1.165, 1.54) is 41.9 Å². The Balaban J connectivity index is 1.73. The molecule has 0 aromatic heterocycles. The van der Waals surface area contributed by atoms with Gasteiger partial charge in [0, 0.05) is 13.1 Å². The van der Waals surface area contributed by atoms with Gasteiger partial charge in [0.1, 0.15) is 0 Å². The summed E-state index contributed by atoms with van der Waals surface area (Å²) in [5.74, 6) is 0.0789. The van der Waals surface area contributed by atoms with Crippen molar-refractivity contribution in [1.82, 2.24) is 10.2 Å². The molecule has 0 bridgehead atoms. The van der Waals surface area contributed by atoms with E-state index in [2.05, 4.69) is 5.32 Å². The zero-order valence-corrected chi connectivity index (χ0v) is 14.0. The van der Waals surface area contributed by atoms with Crippen LogP contribution in [0.25, 0.3) is 0 Å². The molecule has 0 radical (unpaired) electrons. The molecule has 0 saturated carbocycles. The van der Waals surface area contributed by atoms with Gasteiger partial charge in [0.05, 0.1) is 18.8 Å². The van der Waals surface area contributed by atoms with E-state index in [1.807, 2.05) is 6.92 Å². The number of nitrogens with one attached hydrogen (secondary N) is 2. The van der Waals surface area contributed by atoms with E-state index in [1.54, 1.807) is 0 Å². The summed E-state index contributed by atoms with van der Waals surface area (Å²) in [6.45, 7) is 4.68. The molecular weight excluding hydrogens is 302 g/mol. The predicted molar refractivity (Wildman–Crippen MR) is 85.8 cm³/mol. The zero-order valence-electron chi connectivity index (χ0n) is 13.2. The van der Waals surface area contributed by atoms with Crippen molar-refractivity contribution < 1.29 is 19.3 Å². The van der Waals surface area contributed by atoms with E-state index >= 15 is 0 Å². The molecule has 1 atom stereocenters. The number of hydrogen-bond acceptors (Lipinski definition) is 4. The van der Waals surface area contributed by atoms with Crippen LogP contribution in [0.2, 0.25) is 0 Å². The fourth-order valence-corrected chi connectivity index (χ4v) is 3.77. The zero-order chi connectivity index (χ0) is 15.9. The van der Waals surface area contributed by atoms with E-state index in [0.717, 1.165) is 24.9 Å². The highest BCUT2D eigenvalue weighted by Crippen LogP contribution is 2.17. The van der Waals surface area contributed by atoms with Crippen LogP contribution in [0.4, 0.5) is 4.79 Å². The van der Waals surface area contributed by atoms with Crippen molar-refractivity contribution in [2.24, 2.45) is 0 Å². The first kappa shape index (κ1) is 17.3. The summed E-state index contributed by atoms with van der Waals surface area (Å²) >= 11 is 1.03. The largest absolute Gasteiger partial charge is 0.349 e. The third kappa shape index (κ3) is 4.71. The Kier molecular flexibility index (Phi) is 6.70. The Labute approximate surface area is 136 Å². The van der Waals surface area contributed by atoms with Crippen LogP contribution in [0.3, 0.4) is 0 Å². The van der Waals surface area contributed by atoms with Crippen LogP contribution >= 0.6 is 11.8 Å². The number of quaternary nitrogens is 1. The molecule has 2 rings (SSSR count). The van der Waals surface area contributed by atoms with Crippen LogP contribution in [0.5, 0.6) is 0 Å². The van der Waals surface area contributed by atoms with Gasteiger partial charge >= 0.3 is 0 Å². The standard InChI is InChI=1S/C15H25N3O3S/c1-12(17-8-5-3-2-4-6-9-17)14(20)16-7-10-18-13(19)11-22-15(18)21/h12H,2-11H2,1H3,(H,16,20)/p+1/t12-/m0/s1. The molecule has 124 valence electrons. The Bertz CT molecular complexity index is 406. The van der Waals surface area contributed by atoms with Crippen molar-refractivity contribution >= 4 is 28.8 Å². The number of carbonyl (C=O) groups excluding carboxylic acids is 3. The Morgan fingerprint density at radius 3 is 2.45 bits per heavy atom. The van der Waals surface area contributed by atoms with Gasteiger partial charge in [0.2, 0.25) is 5.91 Å². The second-order valence-corrected chi connectivity index (χ2v) is 6.97. The summed E-state index contributed by atoms with van der Waals surface area (Å²) in [6.07, 6.45) is 6.19. The average molecular weight is 328 g/mol. The molecule has 7 heteroatoms. The highest BCUT2D eigenvalue weighted by atomic mass is 32.2. The fourth-order valence-electron chi connectivity index (χ4n) is 3.02. The maximum atomic E-state index is 12.3. The van der Waals surface area contributed by atoms with E-state index in [-0.39, 0.29) is 35.4 Å². The van der Waals surface area contributed by atoms with Crippen molar-refractivity contribution in [3.63, 3.8) is 0 Å². The average Bonchev–Trinajstić information content (AvgIpc) is 2.78. The third-order valence-electron chi connectivity index (χ3n) is 4.48. The molecule has 0 aliphatic carbocycles. The molecule has 0 aromatic carbocycles. The molecule has 2 fully saturated rings. The summed E-state index contributed by atoms with van der Waals surface area (Å²) in [4.78, 5) is 37.8. The summed E-state index contributed by atoms with van der Waals surface area (Å²) < 4.78 is 0. The minimum atomic E-state index is -0.207. The lowest BCUT2D eigenvalue weighted by Gasteiger charge is -2.27. The van der Waals surface area contributed by atoms with Gasteiger partial charge in [-0.05, 0) is 32.6 Å². The summed E-state index contributed by atoms with van der Waals surface area (Å²) in [5, 5.41) is 2.66. The van der Waals surface area contributed by atoms with Gasteiger partial charge in [-0.3, -0.25) is 19.3 Å². The second-order valence-electron chi connectivity index (χ2n) is 6.04. The smallest absolute Gasteiger partial charge is 0.288 e. The molecule has 2 N–H and O–H groups in total. The highest BCUT2D eigenvalue weighted by Gasteiger charge is 2.30. The molecule has 3 amide bonds. The van der Waals surface area contributed by atoms with Crippen LogP contribution in [-0.4, -0.2) is 59.9 Å². The quantitative estimate of drug-likeness (QED) is 0.747. The summed E-state index contributed by atoms with van der Waals surface area (Å²) in [5.41, 5.74) is 0. The molecule has 0 spiro atoms. The lowest BCUT2D eigenvalue weighted by Crippen LogP contribution is -3.16. The van der Waals surface area contributed by atoms with Crippen molar-refractivity contribution in [2.75, 3.05) is 31.9 Å². The van der Waals surface area contributed by atoms with Crippen molar-refractivity contribution in [3.8, 4) is 0 Å². The van der Waals surface area contributed by atoms with Crippen molar-refractivity contribution in [3.05, 3.63) is 0 Å². The minimum absolute atomic E-state index is 0.0160. The lowest BCUT2D eigenvalue weighted by molar-refractivity contribution is -0.915. The molecule has 0 aromatic rings. The van der Waals surface area contributed by atoms with Crippen LogP contribution in [0.15, 0.2) is 0 Å². The number of amides is 3. The number of rotatable bonds is 5. The van der Waals surface area contributed by atoms with Crippen LogP contribution in [-0.2, 0) is 9.59 Å². The maximum absolute atomic E-state index is 12.3. The van der Waals surface area contributed by atoms with Gasteiger partial charge in [-0.2, -0.15) is 0 Å². The molecule has 0 unspecified atom stereocenters. The van der Waals surface area contributed by atoms with Gasteiger partial charge in [-0.25, -0.2) is 0 Å². The van der Waals surface area contributed by atoms with Gasteiger partial charge < -0.3 is 10.2 Å². The summed E-state index contributed by atoms with van der Waals surface area (Å²) in [6, 6.07) is -0.0718. The molecule has 6 nitrogen and oxygen atoms in total. The Morgan fingerprint density at radius 1 is 1.23 bits per heavy atom. The topological polar surface area (TPSA) is 70.9 Å². The molecule has 2 aliphatic heterocycles. The van der Waals surface area contributed by atoms with Crippen LogP contribution in [0.1, 0.15) is 39.0 Å². The van der Waals surface area contributed by atoms with Gasteiger partial charge in [0.25, 0.3) is 11.1 Å². The van der Waals surface area contributed by atoms with Gasteiger partial charge in [-0.15, -0.1) is 0 Å². The predicted octanol–water partition coefficient (Wildman–Crippen LogP) is 0.0355. The number of imide groups is 1. The first-order valence-electron chi connectivity index (χ1n) is 8.19. The Hall–Kier alpha value is -1.08. The molecule has 2 heterocycles. The van der Waals surface area contributed by atoms with Gasteiger partial charge in [-0.1, -0.05) is 18.2 Å². The number of thioether (sulfide) groups is 1. The third-order valence-corrected chi connectivity index (χ3v) is 5.34. The van der Waals surface area contributed by atoms with Crippen LogP contribution < -0.4 is 10.2 Å². The Morgan fingerprint density at radius 2 is 1.86 bits per heavy atom. The SMILES string of the molecule is C[C@@H](C(=O)NCCN1C(=O)CSC1=O)[NH+]1CCCCCCC1. The molecule has 2 saturated heterocycles. The highest BCUT2D eigenvalue weighted by molar-refractivity contribution is 8.14. The molecular formula is C15H26N3O3S+.